The zero-order valence-electron chi connectivity index (χ0n) is 31.5. The first kappa shape index (κ1) is 37.3. The van der Waals surface area contributed by atoms with Crippen LogP contribution in [0.5, 0.6) is 5.75 Å². The quantitative estimate of drug-likeness (QED) is 0.113. The number of ketones is 1. The number of hydrogen-bond donors (Lipinski definition) is 4. The van der Waals surface area contributed by atoms with E-state index in [1.54, 1.807) is 52.8 Å². The molecule has 5 heterocycles. The summed E-state index contributed by atoms with van der Waals surface area (Å²) in [5.74, 6) is 0.617. The van der Waals surface area contributed by atoms with Crippen LogP contribution in [0.15, 0.2) is 92.0 Å². The lowest BCUT2D eigenvalue weighted by Gasteiger charge is -2.62. The van der Waals surface area contributed by atoms with Gasteiger partial charge < -0.3 is 40.3 Å². The van der Waals surface area contributed by atoms with Gasteiger partial charge in [0.1, 0.15) is 11.3 Å². The van der Waals surface area contributed by atoms with Crippen molar-refractivity contribution in [3.05, 3.63) is 98.7 Å². The van der Waals surface area contributed by atoms with E-state index in [1.165, 1.54) is 6.07 Å². The van der Waals surface area contributed by atoms with Gasteiger partial charge in [-0.15, -0.1) is 0 Å². The van der Waals surface area contributed by atoms with Crippen LogP contribution in [0.4, 0.5) is 0 Å². The van der Waals surface area contributed by atoms with Crippen molar-refractivity contribution < 1.29 is 33.4 Å². The third-order valence-corrected chi connectivity index (χ3v) is 16.1. The highest BCUT2D eigenvalue weighted by Crippen LogP contribution is 2.59. The van der Waals surface area contributed by atoms with Gasteiger partial charge in [0.05, 0.1) is 30.2 Å². The van der Waals surface area contributed by atoms with Gasteiger partial charge in [0.2, 0.25) is 5.91 Å². The maximum atomic E-state index is 14.8. The van der Waals surface area contributed by atoms with E-state index in [0.717, 1.165) is 27.7 Å². The number of rotatable bonds is 5. The van der Waals surface area contributed by atoms with Crippen LogP contribution in [0.2, 0.25) is 0 Å². The predicted molar refractivity (Wildman–Crippen MR) is 214 cm³/mol. The first-order chi connectivity index (χ1) is 27.0. The fourth-order valence-corrected chi connectivity index (χ4v) is 13.7. The number of carbonyl (C=O) groups excluding carboxylic acids is 3. The van der Waals surface area contributed by atoms with Crippen LogP contribution >= 0.6 is 21.6 Å². The molecule has 1 saturated carbocycles. The second-order valence-electron chi connectivity index (χ2n) is 16.1. The molecule has 0 unspecified atom stereocenters. The average molecular weight is 799 g/mol. The highest BCUT2D eigenvalue weighted by atomic mass is 33.1. The minimum absolute atomic E-state index is 0.00267. The molecule has 5 N–H and O–H groups in total. The van der Waals surface area contributed by atoms with Crippen molar-refractivity contribution in [2.75, 3.05) is 26.0 Å². The third kappa shape index (κ3) is 5.72. The first-order valence-electron chi connectivity index (χ1n) is 19.3. The highest BCUT2D eigenvalue weighted by Gasteiger charge is 2.65. The second kappa shape index (κ2) is 14.0. The maximum Gasteiger partial charge on any atom is 0.336 e. The molecule has 0 radical (unpaired) electrons. The van der Waals surface area contributed by atoms with Crippen LogP contribution in [-0.2, 0) is 25.5 Å². The standard InChI is InChI=1S/C42H46N4O8S2/c1-4-21(10-12-47)40(51)54-41(2)11-9-23-20-55-56-32-15-27-29(48)7-6-28-36(38(27)44-3)39(32)46(28)34(49)14-25-19-45-33(43)16-26(25)37(23)42(41)18-24-13-22-5-8-35(50)52-30(22)17-31(24)53-42/h4-9,13,16-17,27-28,32,36-39,44-45,47H,10-12,14-15,18-20,43H2,1-3H3/b21-4+/t27-,28+,32-,36+,37+,38+,39-,41-,42-/m1/s1. The number of amides is 1. The second-order valence-corrected chi connectivity index (χ2v) is 18.7. The lowest BCUT2D eigenvalue weighted by Crippen LogP contribution is -2.75. The molecule has 1 amide bonds. The molecule has 1 aromatic heterocycles. The largest absolute Gasteiger partial charge is 0.481 e. The summed E-state index contributed by atoms with van der Waals surface area (Å²) in [4.78, 5) is 56.5. The minimum atomic E-state index is -1.25. The molecule has 9 rings (SSSR count). The van der Waals surface area contributed by atoms with E-state index < -0.39 is 28.7 Å². The van der Waals surface area contributed by atoms with Gasteiger partial charge in [-0.2, -0.15) is 0 Å². The fourth-order valence-electron chi connectivity index (χ4n) is 10.6. The number of aliphatic hydroxyl groups excluding tert-OH is 1. The average Bonchev–Trinajstić information content (AvgIpc) is 3.53. The zero-order chi connectivity index (χ0) is 39.1. The van der Waals surface area contributed by atoms with E-state index in [9.17, 15) is 24.3 Å². The fraction of sp³-hybridized carbons (Fsp3) is 0.476. The topological polar surface area (TPSA) is 173 Å². The van der Waals surface area contributed by atoms with Gasteiger partial charge in [-0.25, -0.2) is 9.59 Å². The van der Waals surface area contributed by atoms with Crippen molar-refractivity contribution in [2.45, 2.75) is 80.5 Å². The number of fused-ring (bicyclic) bond motifs is 7. The van der Waals surface area contributed by atoms with Gasteiger partial charge in [0.25, 0.3) is 0 Å². The number of esters is 1. The molecule has 3 aliphatic carbocycles. The lowest BCUT2D eigenvalue weighted by atomic mass is 9.61. The van der Waals surface area contributed by atoms with E-state index in [0.29, 0.717) is 54.3 Å². The molecular weight excluding hydrogens is 753 g/mol. The van der Waals surface area contributed by atoms with Gasteiger partial charge >= 0.3 is 11.6 Å². The van der Waals surface area contributed by atoms with Crippen molar-refractivity contribution >= 4 is 50.2 Å². The predicted octanol–water partition coefficient (Wildman–Crippen LogP) is 3.84. The van der Waals surface area contributed by atoms with E-state index in [1.807, 2.05) is 37.1 Å². The molecule has 7 aliphatic rings. The zero-order valence-corrected chi connectivity index (χ0v) is 33.2. The Morgan fingerprint density at radius 1 is 1.25 bits per heavy atom. The summed E-state index contributed by atoms with van der Waals surface area (Å²) in [7, 11) is 5.40. The summed E-state index contributed by atoms with van der Waals surface area (Å²) in [6.45, 7) is 3.79. The SMILES string of the molecule is C/C=C(\CCO)C(=O)O[C@]1(C)CC=C2CSS[C@@H]3C[C@@H]4C(=O)C=C[C@H]5[C@@H]([C@H]4NC)[C@@H]3N5C(=O)CC3=C(C=C(N)NC3)[C@H]2[C@]12Cc1cc3ccc(=O)oc3cc1O2. The molecular formula is C42H46N4O8S2. The van der Waals surface area contributed by atoms with Crippen molar-refractivity contribution in [2.24, 2.45) is 23.5 Å². The number of aliphatic hydroxyl groups is 1. The molecule has 294 valence electrons. The third-order valence-electron chi connectivity index (χ3n) is 13.3. The molecule has 1 aromatic carbocycles. The summed E-state index contributed by atoms with van der Waals surface area (Å²) in [5.41, 5.74) is 8.02. The summed E-state index contributed by atoms with van der Waals surface area (Å²) < 4.78 is 19.4. The summed E-state index contributed by atoms with van der Waals surface area (Å²) in [5, 5.41) is 17.3. The van der Waals surface area contributed by atoms with Crippen LogP contribution in [0, 0.1) is 17.8 Å². The van der Waals surface area contributed by atoms with Gasteiger partial charge in [-0.05, 0) is 68.3 Å². The Labute approximate surface area is 332 Å². The number of nitrogens with two attached hydrogens (primary N) is 1. The Hall–Kier alpha value is -4.24. The van der Waals surface area contributed by atoms with Gasteiger partial charge in [0.15, 0.2) is 17.0 Å². The molecule has 4 aliphatic heterocycles. The van der Waals surface area contributed by atoms with Crippen molar-refractivity contribution in [3.63, 3.8) is 0 Å². The molecule has 14 heteroatoms. The van der Waals surface area contributed by atoms with Crippen molar-refractivity contribution in [1.82, 2.24) is 15.5 Å². The molecule has 2 bridgehead atoms. The number of nitrogens with one attached hydrogen (secondary N) is 2. The number of benzene rings is 1. The summed E-state index contributed by atoms with van der Waals surface area (Å²) in [6, 6.07) is 6.63. The normalized spacial score (nSPS) is 34.8. The van der Waals surface area contributed by atoms with E-state index in [2.05, 4.69) is 16.7 Å². The smallest absolute Gasteiger partial charge is 0.336 e. The Morgan fingerprint density at radius 2 is 2.09 bits per heavy atom. The van der Waals surface area contributed by atoms with Crippen LogP contribution in [0.25, 0.3) is 11.0 Å². The van der Waals surface area contributed by atoms with Gasteiger partial charge in [-0.1, -0.05) is 45.4 Å². The van der Waals surface area contributed by atoms with E-state index in [4.69, 9.17) is 19.6 Å². The van der Waals surface area contributed by atoms with Crippen LogP contribution in [0.1, 0.15) is 45.1 Å². The number of allylic oxidation sites excluding steroid dienone is 3. The van der Waals surface area contributed by atoms with E-state index >= 15 is 0 Å². The first-order valence-corrected chi connectivity index (χ1v) is 21.7. The molecule has 2 fully saturated rings. The van der Waals surface area contributed by atoms with Crippen LogP contribution < -0.4 is 26.7 Å². The van der Waals surface area contributed by atoms with Crippen LogP contribution in [-0.4, -0.2) is 88.2 Å². The lowest BCUT2D eigenvalue weighted by molar-refractivity contribution is -0.186. The van der Waals surface area contributed by atoms with Gasteiger partial charge in [0, 0.05) is 84.4 Å². The number of hydrogen-bond acceptors (Lipinski definition) is 13. The summed E-state index contributed by atoms with van der Waals surface area (Å²) in [6.07, 6.45) is 11.0. The monoisotopic (exact) mass is 798 g/mol. The molecule has 12 nitrogen and oxygen atoms in total. The molecule has 1 spiro atoms. The molecule has 9 atom stereocenters. The minimum Gasteiger partial charge on any atom is -0.481 e. The molecule has 1 saturated heterocycles. The maximum absolute atomic E-state index is 14.8. The summed E-state index contributed by atoms with van der Waals surface area (Å²) >= 11 is 0. The van der Waals surface area contributed by atoms with Crippen LogP contribution in [0.3, 0.4) is 0 Å². The Bertz CT molecular complexity index is 2260. The van der Waals surface area contributed by atoms with E-state index in [-0.39, 0.29) is 66.4 Å². The van der Waals surface area contributed by atoms with Crippen molar-refractivity contribution in [1.29, 1.82) is 0 Å². The number of nitrogens with zero attached hydrogens (tertiary/aromatic N) is 1. The molecule has 2 aromatic rings. The van der Waals surface area contributed by atoms with Crippen molar-refractivity contribution in [3.8, 4) is 5.75 Å². The molecule has 56 heavy (non-hydrogen) atoms. The number of ether oxygens (including phenoxy) is 2. The van der Waals surface area contributed by atoms with Gasteiger partial charge in [-0.3, -0.25) is 9.59 Å². The Balaban J connectivity index is 1.20. The Kier molecular flexibility index (Phi) is 9.33. The highest BCUT2D eigenvalue weighted by molar-refractivity contribution is 8.77. The number of dihydropyridines is 1. The Morgan fingerprint density at radius 3 is 2.88 bits per heavy atom. The number of carbonyl (C=O) groups is 3.